The molecule has 0 spiro atoms. The van der Waals surface area contributed by atoms with Crippen molar-refractivity contribution in [2.75, 3.05) is 0 Å². The van der Waals surface area contributed by atoms with Crippen molar-refractivity contribution in [3.05, 3.63) is 12.7 Å². The highest BCUT2D eigenvalue weighted by atomic mass is 16.3. The molecule has 0 heterocycles. The van der Waals surface area contributed by atoms with Crippen LogP contribution in [0, 0.1) is 29.1 Å². The molecule has 2 aliphatic rings. The fourth-order valence-electron chi connectivity index (χ4n) is 4.00. The van der Waals surface area contributed by atoms with Gasteiger partial charge in [0.1, 0.15) is 5.78 Å². The molecule has 0 amide bonds. The average molecular weight is 222 g/mol. The minimum absolute atomic E-state index is 0.00579. The number of carbonyl (C=O) groups is 1. The van der Waals surface area contributed by atoms with Gasteiger partial charge in [0.05, 0.1) is 6.10 Å². The smallest absolute Gasteiger partial charge is 0.137 e. The van der Waals surface area contributed by atoms with Crippen LogP contribution in [0.3, 0.4) is 0 Å². The lowest BCUT2D eigenvalue weighted by atomic mass is 9.62. The maximum absolute atomic E-state index is 12.1. The Kier molecular flexibility index (Phi) is 2.73. The lowest BCUT2D eigenvalue weighted by molar-refractivity contribution is -0.126. The second-order valence-electron chi connectivity index (χ2n) is 6.28. The normalized spacial score (nSPS) is 46.5. The van der Waals surface area contributed by atoms with Gasteiger partial charge in [0, 0.05) is 18.3 Å². The summed E-state index contributed by atoms with van der Waals surface area (Å²) in [5.41, 5.74) is -0.0530. The topological polar surface area (TPSA) is 37.3 Å². The van der Waals surface area contributed by atoms with Crippen LogP contribution in [-0.2, 0) is 4.79 Å². The number of fused-ring (bicyclic) bond motifs is 1. The third kappa shape index (κ3) is 1.55. The van der Waals surface area contributed by atoms with E-state index in [1.807, 2.05) is 6.08 Å². The summed E-state index contributed by atoms with van der Waals surface area (Å²) in [6.07, 6.45) is 3.01. The van der Waals surface area contributed by atoms with Crippen LogP contribution in [0.1, 0.15) is 33.6 Å². The molecule has 16 heavy (non-hydrogen) atoms. The minimum Gasteiger partial charge on any atom is -0.393 e. The molecule has 2 saturated carbocycles. The first kappa shape index (κ1) is 11.8. The van der Waals surface area contributed by atoms with E-state index in [0.29, 0.717) is 18.1 Å². The van der Waals surface area contributed by atoms with E-state index < -0.39 is 0 Å². The predicted octanol–water partition coefficient (Wildman–Crippen LogP) is 2.42. The monoisotopic (exact) mass is 222 g/mol. The number of rotatable bonds is 1. The molecular weight excluding hydrogens is 200 g/mol. The molecule has 1 N–H and O–H groups in total. The van der Waals surface area contributed by atoms with E-state index in [2.05, 4.69) is 27.4 Å². The Bertz CT molecular complexity index is 319. The summed E-state index contributed by atoms with van der Waals surface area (Å²) in [4.78, 5) is 12.1. The molecule has 2 aliphatic carbocycles. The van der Waals surface area contributed by atoms with Crippen LogP contribution >= 0.6 is 0 Å². The van der Waals surface area contributed by atoms with Gasteiger partial charge < -0.3 is 5.11 Å². The zero-order valence-corrected chi connectivity index (χ0v) is 10.4. The predicted molar refractivity (Wildman–Crippen MR) is 63.9 cm³/mol. The molecule has 0 radical (unpaired) electrons. The minimum atomic E-state index is -0.322. The summed E-state index contributed by atoms with van der Waals surface area (Å²) >= 11 is 0. The van der Waals surface area contributed by atoms with Gasteiger partial charge in [0.2, 0.25) is 0 Å². The van der Waals surface area contributed by atoms with Crippen molar-refractivity contribution in [3.8, 4) is 0 Å². The fourth-order valence-corrected chi connectivity index (χ4v) is 4.00. The molecule has 0 saturated heterocycles. The molecule has 2 fully saturated rings. The molecule has 2 nitrogen and oxygen atoms in total. The van der Waals surface area contributed by atoms with Crippen molar-refractivity contribution in [1.29, 1.82) is 0 Å². The van der Waals surface area contributed by atoms with Crippen LogP contribution < -0.4 is 0 Å². The van der Waals surface area contributed by atoms with Crippen LogP contribution in [0.25, 0.3) is 0 Å². The molecule has 0 aromatic rings. The van der Waals surface area contributed by atoms with E-state index in [1.54, 1.807) is 0 Å². The summed E-state index contributed by atoms with van der Waals surface area (Å²) in [6, 6.07) is 0. The number of aliphatic hydroxyl groups is 1. The van der Waals surface area contributed by atoms with Crippen molar-refractivity contribution in [3.63, 3.8) is 0 Å². The van der Waals surface area contributed by atoms with Crippen LogP contribution in [-0.4, -0.2) is 17.0 Å². The number of ketones is 1. The van der Waals surface area contributed by atoms with E-state index in [-0.39, 0.29) is 29.3 Å². The molecule has 90 valence electrons. The van der Waals surface area contributed by atoms with Gasteiger partial charge in [-0.25, -0.2) is 0 Å². The lowest BCUT2D eigenvalue weighted by Crippen LogP contribution is -2.44. The maximum atomic E-state index is 12.1. The van der Waals surface area contributed by atoms with Crippen molar-refractivity contribution < 1.29 is 9.90 Å². The van der Waals surface area contributed by atoms with Gasteiger partial charge in [0.15, 0.2) is 0 Å². The van der Waals surface area contributed by atoms with Gasteiger partial charge in [-0.3, -0.25) is 4.79 Å². The quantitative estimate of drug-likeness (QED) is 0.692. The molecule has 5 atom stereocenters. The lowest BCUT2D eigenvalue weighted by Gasteiger charge is -2.43. The van der Waals surface area contributed by atoms with Crippen molar-refractivity contribution in [2.45, 2.75) is 39.7 Å². The summed E-state index contributed by atoms with van der Waals surface area (Å²) in [5.74, 6) is 1.07. The number of carbonyl (C=O) groups excluding carboxylic acids is 1. The fraction of sp³-hybridized carbons (Fsp3) is 0.786. The highest BCUT2D eigenvalue weighted by Gasteiger charge is 2.56. The molecule has 2 heteroatoms. The van der Waals surface area contributed by atoms with Crippen LogP contribution in [0.15, 0.2) is 12.7 Å². The highest BCUT2D eigenvalue weighted by molar-refractivity contribution is 5.85. The number of allylic oxidation sites excluding steroid dienone is 1. The van der Waals surface area contributed by atoms with Gasteiger partial charge in [-0.1, -0.05) is 26.8 Å². The second kappa shape index (κ2) is 3.69. The first-order valence-corrected chi connectivity index (χ1v) is 6.22. The molecule has 0 aliphatic heterocycles. The number of hydrogen-bond acceptors (Lipinski definition) is 2. The van der Waals surface area contributed by atoms with E-state index in [0.717, 1.165) is 6.42 Å². The highest BCUT2D eigenvalue weighted by Crippen LogP contribution is 2.54. The van der Waals surface area contributed by atoms with E-state index >= 15 is 0 Å². The Balaban J connectivity index is 2.38. The standard InChI is InChI=1S/C14H22O2/c1-5-9-8(2)6-10(15)13-12(9)11(16)7-14(13,3)4/h5,8-10,12-13,15H,1,6-7H2,2-4H3/t8-,9-,10-,12-,13-/m1/s1. The largest absolute Gasteiger partial charge is 0.393 e. The van der Waals surface area contributed by atoms with E-state index in [4.69, 9.17) is 0 Å². The average Bonchev–Trinajstić information content (AvgIpc) is 2.37. The first-order chi connectivity index (χ1) is 7.38. The summed E-state index contributed by atoms with van der Waals surface area (Å²) in [5, 5.41) is 10.2. The Morgan fingerprint density at radius 2 is 2.12 bits per heavy atom. The summed E-state index contributed by atoms with van der Waals surface area (Å²) in [7, 11) is 0. The second-order valence-corrected chi connectivity index (χ2v) is 6.28. The summed E-state index contributed by atoms with van der Waals surface area (Å²) < 4.78 is 0. The molecule has 0 bridgehead atoms. The van der Waals surface area contributed by atoms with Crippen LogP contribution in [0.5, 0.6) is 0 Å². The molecule has 0 aromatic heterocycles. The Morgan fingerprint density at radius 1 is 1.50 bits per heavy atom. The zero-order valence-electron chi connectivity index (χ0n) is 10.4. The van der Waals surface area contributed by atoms with E-state index in [9.17, 15) is 9.90 Å². The molecule has 0 unspecified atom stereocenters. The Labute approximate surface area is 97.7 Å². The van der Waals surface area contributed by atoms with Crippen molar-refractivity contribution in [1.82, 2.24) is 0 Å². The van der Waals surface area contributed by atoms with Gasteiger partial charge >= 0.3 is 0 Å². The molecule has 2 rings (SSSR count). The Morgan fingerprint density at radius 3 is 2.69 bits per heavy atom. The maximum Gasteiger partial charge on any atom is 0.137 e. The van der Waals surface area contributed by atoms with Crippen LogP contribution in [0.2, 0.25) is 0 Å². The third-order valence-corrected chi connectivity index (χ3v) is 4.66. The van der Waals surface area contributed by atoms with Gasteiger partial charge in [-0.15, -0.1) is 6.58 Å². The SMILES string of the molecule is C=C[C@H]1[C@@H]2C(=O)CC(C)(C)[C@@H]2[C@H](O)C[C@H]1C. The third-order valence-electron chi connectivity index (χ3n) is 4.66. The first-order valence-electron chi connectivity index (χ1n) is 6.22. The van der Waals surface area contributed by atoms with Gasteiger partial charge in [0.25, 0.3) is 0 Å². The number of hydrogen-bond donors (Lipinski definition) is 1. The summed E-state index contributed by atoms with van der Waals surface area (Å²) in [6.45, 7) is 10.2. The zero-order chi connectivity index (χ0) is 12.1. The van der Waals surface area contributed by atoms with Crippen LogP contribution in [0.4, 0.5) is 0 Å². The number of Topliss-reactive ketones (excluding diaryl/α,β-unsaturated/α-hetero) is 1. The van der Waals surface area contributed by atoms with Crippen molar-refractivity contribution >= 4 is 5.78 Å². The van der Waals surface area contributed by atoms with Gasteiger partial charge in [-0.05, 0) is 23.7 Å². The number of aliphatic hydroxyl groups excluding tert-OH is 1. The van der Waals surface area contributed by atoms with E-state index in [1.165, 1.54) is 0 Å². The Hall–Kier alpha value is -0.630. The van der Waals surface area contributed by atoms with Gasteiger partial charge in [-0.2, -0.15) is 0 Å². The molecule has 0 aromatic carbocycles. The van der Waals surface area contributed by atoms with Crippen molar-refractivity contribution in [2.24, 2.45) is 29.1 Å². The molecular formula is C14H22O2.